The first-order valence-electron chi connectivity index (χ1n) is 7.84. The minimum absolute atomic E-state index is 0.0580. The summed E-state index contributed by atoms with van der Waals surface area (Å²) in [6, 6.07) is 12.0. The van der Waals surface area contributed by atoms with Gasteiger partial charge in [0.25, 0.3) is 0 Å². The summed E-state index contributed by atoms with van der Waals surface area (Å²) in [6.07, 6.45) is 0.647. The second-order valence-electron chi connectivity index (χ2n) is 5.79. The van der Waals surface area contributed by atoms with Gasteiger partial charge in [0.05, 0.1) is 30.1 Å². The standard InChI is InChI=1S/C18H16FN3O2/c19-11-5-6-14-15(9-11)22-17(21-14)10-20-18(23)13-7-8-24-16-4-2-1-3-12(13)16/h1-6,9,13H,7-8,10H2,(H,20,23)(H,21,22)/t13-/m0/s1. The van der Waals surface area contributed by atoms with Crippen LogP contribution in [0, 0.1) is 5.82 Å². The molecule has 1 aliphatic rings. The molecule has 6 heteroatoms. The molecule has 2 heterocycles. The lowest BCUT2D eigenvalue weighted by molar-refractivity contribution is -0.123. The molecule has 2 N–H and O–H groups in total. The van der Waals surface area contributed by atoms with E-state index in [1.165, 1.54) is 12.1 Å². The number of nitrogens with zero attached hydrogens (tertiary/aromatic N) is 1. The zero-order valence-electron chi connectivity index (χ0n) is 12.9. The van der Waals surface area contributed by atoms with Crippen LogP contribution >= 0.6 is 0 Å². The molecule has 0 aliphatic carbocycles. The van der Waals surface area contributed by atoms with Gasteiger partial charge in [-0.15, -0.1) is 0 Å². The fraction of sp³-hybridized carbons (Fsp3) is 0.222. The quantitative estimate of drug-likeness (QED) is 0.778. The number of fused-ring (bicyclic) bond motifs is 2. The predicted molar refractivity (Wildman–Crippen MR) is 87.2 cm³/mol. The van der Waals surface area contributed by atoms with Gasteiger partial charge < -0.3 is 15.0 Å². The smallest absolute Gasteiger partial charge is 0.228 e. The van der Waals surface area contributed by atoms with E-state index in [0.29, 0.717) is 29.9 Å². The normalized spacial score (nSPS) is 16.5. The molecule has 1 aliphatic heterocycles. The number of halogens is 1. The molecule has 0 fully saturated rings. The molecule has 4 rings (SSSR count). The Morgan fingerprint density at radius 2 is 2.21 bits per heavy atom. The average Bonchev–Trinajstić information content (AvgIpc) is 3.01. The van der Waals surface area contributed by atoms with Crippen molar-refractivity contribution >= 4 is 16.9 Å². The lowest BCUT2D eigenvalue weighted by Crippen LogP contribution is -2.32. The van der Waals surface area contributed by atoms with Crippen molar-refractivity contribution in [1.29, 1.82) is 0 Å². The number of H-pyrrole nitrogens is 1. The summed E-state index contributed by atoms with van der Waals surface area (Å²) in [7, 11) is 0. The van der Waals surface area contributed by atoms with Gasteiger partial charge in [0.2, 0.25) is 5.91 Å². The maximum Gasteiger partial charge on any atom is 0.228 e. The number of para-hydroxylation sites is 1. The molecule has 3 aromatic rings. The first-order valence-corrected chi connectivity index (χ1v) is 7.84. The minimum atomic E-state index is -0.319. The number of hydrogen-bond acceptors (Lipinski definition) is 3. The van der Waals surface area contributed by atoms with Crippen molar-refractivity contribution in [3.05, 3.63) is 59.7 Å². The molecule has 1 atom stereocenters. The summed E-state index contributed by atoms with van der Waals surface area (Å²) in [5.41, 5.74) is 2.21. The molecule has 0 spiro atoms. The molecule has 5 nitrogen and oxygen atoms in total. The fourth-order valence-corrected chi connectivity index (χ4v) is 3.03. The SMILES string of the molecule is O=C(NCc1nc2ccc(F)cc2[nH]1)[C@H]1CCOc2ccccc21. The lowest BCUT2D eigenvalue weighted by atomic mass is 9.92. The second kappa shape index (κ2) is 5.96. The van der Waals surface area contributed by atoms with Crippen LogP contribution in [0.2, 0.25) is 0 Å². The molecular formula is C18H16FN3O2. The average molecular weight is 325 g/mol. The van der Waals surface area contributed by atoms with Crippen LogP contribution in [0.3, 0.4) is 0 Å². The highest BCUT2D eigenvalue weighted by Crippen LogP contribution is 2.33. The van der Waals surface area contributed by atoms with Crippen LogP contribution in [0.4, 0.5) is 4.39 Å². The van der Waals surface area contributed by atoms with Gasteiger partial charge in [-0.1, -0.05) is 18.2 Å². The van der Waals surface area contributed by atoms with Gasteiger partial charge in [-0.2, -0.15) is 0 Å². The molecule has 0 saturated heterocycles. The van der Waals surface area contributed by atoms with Crippen molar-refractivity contribution in [2.24, 2.45) is 0 Å². The van der Waals surface area contributed by atoms with Crippen molar-refractivity contribution in [1.82, 2.24) is 15.3 Å². The Bertz CT molecular complexity index is 906. The van der Waals surface area contributed by atoms with Crippen molar-refractivity contribution in [3.8, 4) is 5.75 Å². The Morgan fingerprint density at radius 3 is 3.12 bits per heavy atom. The van der Waals surface area contributed by atoms with Crippen LogP contribution in [0.25, 0.3) is 11.0 Å². The van der Waals surface area contributed by atoms with Gasteiger partial charge in [-0.05, 0) is 30.7 Å². The molecular weight excluding hydrogens is 309 g/mol. The maximum atomic E-state index is 13.2. The highest BCUT2D eigenvalue weighted by Gasteiger charge is 2.27. The van der Waals surface area contributed by atoms with E-state index in [9.17, 15) is 9.18 Å². The molecule has 24 heavy (non-hydrogen) atoms. The van der Waals surface area contributed by atoms with E-state index in [4.69, 9.17) is 4.74 Å². The van der Waals surface area contributed by atoms with E-state index in [0.717, 1.165) is 11.3 Å². The Morgan fingerprint density at radius 1 is 1.33 bits per heavy atom. The molecule has 0 radical (unpaired) electrons. The Labute approximate surface area is 137 Å². The number of benzene rings is 2. The van der Waals surface area contributed by atoms with Crippen molar-refractivity contribution in [2.75, 3.05) is 6.61 Å². The number of nitrogens with one attached hydrogen (secondary N) is 2. The zero-order valence-corrected chi connectivity index (χ0v) is 12.9. The molecule has 1 aromatic heterocycles. The summed E-state index contributed by atoms with van der Waals surface area (Å²) in [4.78, 5) is 19.9. The van der Waals surface area contributed by atoms with Crippen LogP contribution in [0.15, 0.2) is 42.5 Å². The van der Waals surface area contributed by atoms with Crippen molar-refractivity contribution in [2.45, 2.75) is 18.9 Å². The third-order valence-corrected chi connectivity index (χ3v) is 4.20. The van der Waals surface area contributed by atoms with E-state index < -0.39 is 0 Å². The molecule has 0 unspecified atom stereocenters. The third-order valence-electron chi connectivity index (χ3n) is 4.20. The predicted octanol–water partition coefficient (Wildman–Crippen LogP) is 2.88. The fourth-order valence-electron chi connectivity index (χ4n) is 3.03. The summed E-state index contributed by atoms with van der Waals surface area (Å²) in [5.74, 6) is 0.766. The number of hydrogen-bond donors (Lipinski definition) is 2. The molecule has 1 amide bonds. The van der Waals surface area contributed by atoms with Gasteiger partial charge in [0.15, 0.2) is 0 Å². The summed E-state index contributed by atoms with van der Waals surface area (Å²) >= 11 is 0. The number of rotatable bonds is 3. The first-order chi connectivity index (χ1) is 11.7. The Kier molecular flexibility index (Phi) is 3.65. The van der Waals surface area contributed by atoms with Gasteiger partial charge in [0, 0.05) is 5.56 Å². The summed E-state index contributed by atoms with van der Waals surface area (Å²) in [6.45, 7) is 0.799. The molecule has 2 aromatic carbocycles. The van der Waals surface area contributed by atoms with Gasteiger partial charge in [-0.3, -0.25) is 4.79 Å². The second-order valence-corrected chi connectivity index (χ2v) is 5.79. The van der Waals surface area contributed by atoms with Crippen LogP contribution in [-0.2, 0) is 11.3 Å². The first kappa shape index (κ1) is 14.7. The van der Waals surface area contributed by atoms with Crippen LogP contribution < -0.4 is 10.1 Å². The zero-order chi connectivity index (χ0) is 16.5. The minimum Gasteiger partial charge on any atom is -0.493 e. The number of aromatic amines is 1. The summed E-state index contributed by atoms with van der Waals surface area (Å²) in [5, 5.41) is 2.90. The number of amides is 1. The largest absolute Gasteiger partial charge is 0.493 e. The monoisotopic (exact) mass is 325 g/mol. The number of ether oxygens (including phenoxy) is 1. The highest BCUT2D eigenvalue weighted by molar-refractivity contribution is 5.84. The highest BCUT2D eigenvalue weighted by atomic mass is 19.1. The van der Waals surface area contributed by atoms with E-state index >= 15 is 0 Å². The van der Waals surface area contributed by atoms with Crippen LogP contribution in [0.1, 0.15) is 23.7 Å². The van der Waals surface area contributed by atoms with Crippen molar-refractivity contribution < 1.29 is 13.9 Å². The number of carbonyl (C=O) groups is 1. The number of imidazole rings is 1. The van der Waals surface area contributed by atoms with E-state index in [1.807, 2.05) is 24.3 Å². The summed E-state index contributed by atoms with van der Waals surface area (Å²) < 4.78 is 18.8. The van der Waals surface area contributed by atoms with Crippen LogP contribution in [-0.4, -0.2) is 22.5 Å². The Balaban J connectivity index is 1.48. The Hall–Kier alpha value is -2.89. The lowest BCUT2D eigenvalue weighted by Gasteiger charge is -2.24. The molecule has 0 saturated carbocycles. The van der Waals surface area contributed by atoms with Crippen LogP contribution in [0.5, 0.6) is 5.75 Å². The van der Waals surface area contributed by atoms with Gasteiger partial charge in [0.1, 0.15) is 17.4 Å². The maximum absolute atomic E-state index is 13.2. The van der Waals surface area contributed by atoms with E-state index in [-0.39, 0.29) is 24.2 Å². The van der Waals surface area contributed by atoms with E-state index in [1.54, 1.807) is 6.07 Å². The van der Waals surface area contributed by atoms with E-state index in [2.05, 4.69) is 15.3 Å². The molecule has 0 bridgehead atoms. The van der Waals surface area contributed by atoms with Gasteiger partial charge in [-0.25, -0.2) is 9.37 Å². The van der Waals surface area contributed by atoms with Crippen molar-refractivity contribution in [3.63, 3.8) is 0 Å². The topological polar surface area (TPSA) is 67.0 Å². The van der Waals surface area contributed by atoms with Gasteiger partial charge >= 0.3 is 0 Å². The number of aromatic nitrogens is 2. The number of carbonyl (C=O) groups excluding carboxylic acids is 1. The molecule has 122 valence electrons. The third kappa shape index (κ3) is 2.71.